The topological polar surface area (TPSA) is 20.2 Å². The second-order valence-corrected chi connectivity index (χ2v) is 8.86. The Morgan fingerprint density at radius 1 is 0.920 bits per heavy atom. The zero-order valence-electron chi connectivity index (χ0n) is 15.4. The first-order valence-electron chi connectivity index (χ1n) is 9.50. The van der Waals surface area contributed by atoms with Crippen LogP contribution in [-0.2, 0) is 5.41 Å². The summed E-state index contributed by atoms with van der Waals surface area (Å²) in [6.45, 7) is 6.51. The summed E-state index contributed by atoms with van der Waals surface area (Å²) in [5.74, 6) is 2.94. The molecular weight excluding hydrogens is 304 g/mol. The largest absolute Gasteiger partial charge is 0.508 e. The van der Waals surface area contributed by atoms with Crippen LogP contribution in [0.15, 0.2) is 60.7 Å². The summed E-state index contributed by atoms with van der Waals surface area (Å²) in [5, 5.41) is 10.4. The summed E-state index contributed by atoms with van der Waals surface area (Å²) in [4.78, 5) is 0. The molecule has 0 amide bonds. The van der Waals surface area contributed by atoms with Crippen molar-refractivity contribution in [2.75, 3.05) is 0 Å². The van der Waals surface area contributed by atoms with E-state index in [0.717, 1.165) is 11.5 Å². The van der Waals surface area contributed by atoms with Crippen LogP contribution in [-0.4, -0.2) is 5.11 Å². The highest BCUT2D eigenvalue weighted by Crippen LogP contribution is 2.52. The quantitative estimate of drug-likeness (QED) is 0.680. The molecule has 0 heterocycles. The van der Waals surface area contributed by atoms with Crippen LogP contribution >= 0.6 is 0 Å². The number of rotatable bonds is 3. The zero-order chi connectivity index (χ0) is 17.6. The fourth-order valence-corrected chi connectivity index (χ4v) is 4.90. The van der Waals surface area contributed by atoms with Crippen LogP contribution in [0, 0.1) is 17.8 Å². The molecule has 2 aromatic rings. The van der Waals surface area contributed by atoms with Crippen molar-refractivity contribution in [1.82, 2.24) is 0 Å². The third-order valence-corrected chi connectivity index (χ3v) is 6.10. The van der Waals surface area contributed by atoms with Gasteiger partial charge in [0.25, 0.3) is 0 Å². The number of phenols is 1. The van der Waals surface area contributed by atoms with Gasteiger partial charge in [0.05, 0.1) is 0 Å². The maximum atomic E-state index is 10.4. The number of allylic oxidation sites excluding steroid dienone is 2. The Bertz CT molecular complexity index is 781. The molecule has 1 heteroatoms. The Kier molecular flexibility index (Phi) is 3.98. The molecule has 0 saturated heterocycles. The highest BCUT2D eigenvalue weighted by atomic mass is 16.3. The Morgan fingerprint density at radius 3 is 2.28 bits per heavy atom. The van der Waals surface area contributed by atoms with E-state index < -0.39 is 0 Å². The second-order valence-electron chi connectivity index (χ2n) is 8.86. The van der Waals surface area contributed by atoms with Crippen molar-refractivity contribution < 1.29 is 5.11 Å². The molecule has 4 rings (SSSR count). The molecule has 0 spiro atoms. The minimum Gasteiger partial charge on any atom is -0.508 e. The second kappa shape index (κ2) is 6.05. The van der Waals surface area contributed by atoms with E-state index in [9.17, 15) is 5.11 Å². The number of hydrogen-bond donors (Lipinski definition) is 1. The first-order valence-corrected chi connectivity index (χ1v) is 9.50. The van der Waals surface area contributed by atoms with Gasteiger partial charge < -0.3 is 5.11 Å². The third kappa shape index (κ3) is 3.01. The highest BCUT2D eigenvalue weighted by Gasteiger charge is 2.41. The van der Waals surface area contributed by atoms with E-state index in [1.807, 2.05) is 6.07 Å². The first-order chi connectivity index (χ1) is 11.9. The smallest absolute Gasteiger partial charge is 0.119 e. The molecule has 2 aromatic carbocycles. The van der Waals surface area contributed by atoms with Gasteiger partial charge in [-0.1, -0.05) is 75.4 Å². The molecular formula is C24H28O. The van der Waals surface area contributed by atoms with Crippen molar-refractivity contribution in [1.29, 1.82) is 0 Å². The fraction of sp³-hybridized carbons (Fsp3) is 0.417. The van der Waals surface area contributed by atoms with Crippen LogP contribution in [0.25, 0.3) is 0 Å². The fourth-order valence-electron chi connectivity index (χ4n) is 4.90. The van der Waals surface area contributed by atoms with Crippen LogP contribution in [0.5, 0.6) is 5.75 Å². The molecule has 2 aliphatic rings. The van der Waals surface area contributed by atoms with Crippen molar-refractivity contribution in [3.8, 4) is 5.75 Å². The first kappa shape index (κ1) is 16.4. The summed E-state index contributed by atoms with van der Waals surface area (Å²) in [5.41, 5.74) is 3.74. The molecule has 25 heavy (non-hydrogen) atoms. The molecule has 0 radical (unpaired) electrons. The van der Waals surface area contributed by atoms with Gasteiger partial charge in [-0.15, -0.1) is 0 Å². The summed E-state index contributed by atoms with van der Waals surface area (Å²) < 4.78 is 0. The molecule has 2 bridgehead atoms. The lowest BCUT2D eigenvalue weighted by Gasteiger charge is -2.31. The maximum absolute atomic E-state index is 10.4. The van der Waals surface area contributed by atoms with Gasteiger partial charge in [0.2, 0.25) is 0 Å². The zero-order valence-corrected chi connectivity index (χ0v) is 15.4. The number of benzene rings is 2. The van der Waals surface area contributed by atoms with Crippen molar-refractivity contribution in [2.24, 2.45) is 17.8 Å². The van der Waals surface area contributed by atoms with E-state index in [2.05, 4.69) is 75.4 Å². The summed E-state index contributed by atoms with van der Waals surface area (Å²) in [6.07, 6.45) is 7.46. The Labute approximate surface area is 151 Å². The molecule has 4 unspecified atom stereocenters. The molecule has 130 valence electrons. The van der Waals surface area contributed by atoms with E-state index in [1.54, 1.807) is 0 Å². The average molecular weight is 332 g/mol. The molecule has 1 N–H and O–H groups in total. The summed E-state index contributed by atoms with van der Waals surface area (Å²) in [7, 11) is 0. The molecule has 1 fully saturated rings. The summed E-state index contributed by atoms with van der Waals surface area (Å²) in [6, 6.07) is 17.2. The predicted molar refractivity (Wildman–Crippen MR) is 104 cm³/mol. The molecule has 1 nitrogen and oxygen atoms in total. The molecule has 0 aliphatic heterocycles. The average Bonchev–Trinajstić information content (AvgIpc) is 3.20. The maximum Gasteiger partial charge on any atom is 0.119 e. The number of hydrogen-bond acceptors (Lipinski definition) is 1. The third-order valence-electron chi connectivity index (χ3n) is 6.10. The van der Waals surface area contributed by atoms with Gasteiger partial charge in [-0.25, -0.2) is 0 Å². The van der Waals surface area contributed by atoms with Crippen molar-refractivity contribution in [3.05, 3.63) is 77.4 Å². The minimum absolute atomic E-state index is 0.0596. The number of aromatic hydroxyl groups is 1. The van der Waals surface area contributed by atoms with Gasteiger partial charge in [-0.05, 0) is 58.8 Å². The van der Waals surface area contributed by atoms with Gasteiger partial charge in [0.15, 0.2) is 0 Å². The van der Waals surface area contributed by atoms with Crippen molar-refractivity contribution in [2.45, 2.75) is 44.9 Å². The Morgan fingerprint density at radius 2 is 1.68 bits per heavy atom. The van der Waals surface area contributed by atoms with Crippen molar-refractivity contribution in [3.63, 3.8) is 0 Å². The van der Waals surface area contributed by atoms with E-state index in [-0.39, 0.29) is 5.41 Å². The van der Waals surface area contributed by atoms with E-state index in [0.29, 0.717) is 23.5 Å². The minimum atomic E-state index is -0.0596. The lowest BCUT2D eigenvalue weighted by Crippen LogP contribution is -2.20. The Balaban J connectivity index is 1.81. The number of fused-ring (bicyclic) bond motifs is 2. The van der Waals surface area contributed by atoms with Crippen LogP contribution < -0.4 is 0 Å². The van der Waals surface area contributed by atoms with E-state index in [4.69, 9.17) is 0 Å². The van der Waals surface area contributed by atoms with E-state index in [1.165, 1.54) is 24.0 Å². The van der Waals surface area contributed by atoms with Crippen LogP contribution in [0.2, 0.25) is 0 Å². The number of phenolic OH excluding ortho intramolecular Hbond substituents is 1. The molecule has 1 saturated carbocycles. The molecule has 0 aromatic heterocycles. The van der Waals surface area contributed by atoms with Gasteiger partial charge in [-0.2, -0.15) is 0 Å². The Hall–Kier alpha value is -2.02. The van der Waals surface area contributed by atoms with Gasteiger partial charge >= 0.3 is 0 Å². The standard InChI is InChI=1S/C24H28O/c1-24(2,3)21-15-19(11-12-22(21)25)23(17-7-5-4-6-8-17)20-14-16-9-10-18(20)13-16/h4-12,15-16,18,20,23,25H,13-14H2,1-3H3. The van der Waals surface area contributed by atoms with Crippen LogP contribution in [0.3, 0.4) is 0 Å². The summed E-state index contributed by atoms with van der Waals surface area (Å²) >= 11 is 0. The van der Waals surface area contributed by atoms with Gasteiger partial charge in [0, 0.05) is 5.92 Å². The SMILES string of the molecule is CC(C)(C)c1cc(C(c2ccccc2)C2CC3C=CC2C3)ccc1O. The van der Waals surface area contributed by atoms with Crippen LogP contribution in [0.1, 0.15) is 56.2 Å². The van der Waals surface area contributed by atoms with Crippen LogP contribution in [0.4, 0.5) is 0 Å². The van der Waals surface area contributed by atoms with Gasteiger partial charge in [0.1, 0.15) is 5.75 Å². The highest BCUT2D eigenvalue weighted by molar-refractivity contribution is 5.45. The lowest BCUT2D eigenvalue weighted by molar-refractivity contribution is 0.397. The lowest BCUT2D eigenvalue weighted by atomic mass is 9.73. The van der Waals surface area contributed by atoms with E-state index >= 15 is 0 Å². The molecule has 4 atom stereocenters. The van der Waals surface area contributed by atoms with Gasteiger partial charge in [-0.3, -0.25) is 0 Å². The molecule has 2 aliphatic carbocycles. The monoisotopic (exact) mass is 332 g/mol. The normalized spacial score (nSPS) is 26.1. The van der Waals surface area contributed by atoms with Crippen molar-refractivity contribution >= 4 is 0 Å². The predicted octanol–water partition coefficient (Wildman–Crippen LogP) is 6.03.